The Labute approximate surface area is 177 Å². The highest BCUT2D eigenvalue weighted by molar-refractivity contribution is 7.18. The number of thiophene rings is 1. The van der Waals surface area contributed by atoms with Gasteiger partial charge >= 0.3 is 5.97 Å². The van der Waals surface area contributed by atoms with Crippen molar-refractivity contribution in [1.82, 2.24) is 9.97 Å². The van der Waals surface area contributed by atoms with Crippen molar-refractivity contribution < 1.29 is 9.53 Å². The van der Waals surface area contributed by atoms with Crippen LogP contribution in [0.4, 0.5) is 0 Å². The third-order valence-corrected chi connectivity index (χ3v) is 6.66. The molecule has 0 unspecified atom stereocenters. The number of rotatable bonds is 5. The molecule has 1 aliphatic carbocycles. The molecule has 0 atom stereocenters. The lowest BCUT2D eigenvalue weighted by Crippen LogP contribution is -2.19. The van der Waals surface area contributed by atoms with Gasteiger partial charge in [0.25, 0.3) is 5.56 Å². The molecule has 0 amide bonds. The molecule has 150 valence electrons. The van der Waals surface area contributed by atoms with Gasteiger partial charge in [-0.05, 0) is 36.0 Å². The van der Waals surface area contributed by atoms with E-state index in [0.717, 1.165) is 40.8 Å². The van der Waals surface area contributed by atoms with Crippen LogP contribution in [0.15, 0.2) is 65.5 Å². The van der Waals surface area contributed by atoms with Crippen molar-refractivity contribution >= 4 is 27.5 Å². The van der Waals surface area contributed by atoms with E-state index in [1.807, 2.05) is 60.7 Å². The Bertz CT molecular complexity index is 1220. The van der Waals surface area contributed by atoms with E-state index in [0.29, 0.717) is 11.2 Å². The van der Waals surface area contributed by atoms with E-state index in [1.165, 1.54) is 4.88 Å². The van der Waals surface area contributed by atoms with Crippen LogP contribution in [-0.2, 0) is 29.0 Å². The number of fused-ring (bicyclic) bond motifs is 3. The first-order chi connectivity index (χ1) is 14.7. The summed E-state index contributed by atoms with van der Waals surface area (Å²) in [4.78, 5) is 35.0. The molecule has 1 N–H and O–H groups in total. The van der Waals surface area contributed by atoms with Crippen LogP contribution in [-0.4, -0.2) is 15.9 Å². The lowest BCUT2D eigenvalue weighted by atomic mass is 9.91. The van der Waals surface area contributed by atoms with Gasteiger partial charge in [0.2, 0.25) is 0 Å². The third kappa shape index (κ3) is 3.44. The van der Waals surface area contributed by atoms with E-state index in [4.69, 9.17) is 4.74 Å². The van der Waals surface area contributed by atoms with Gasteiger partial charge < -0.3 is 9.72 Å². The second-order valence-electron chi connectivity index (χ2n) is 7.41. The molecule has 0 spiro atoms. The van der Waals surface area contributed by atoms with Crippen molar-refractivity contribution in [2.45, 2.75) is 31.8 Å². The van der Waals surface area contributed by atoms with Crippen molar-refractivity contribution in [2.75, 3.05) is 0 Å². The van der Waals surface area contributed by atoms with E-state index in [2.05, 4.69) is 9.97 Å². The number of H-pyrrole nitrogens is 1. The van der Waals surface area contributed by atoms with Crippen molar-refractivity contribution in [1.29, 1.82) is 0 Å². The lowest BCUT2D eigenvalue weighted by molar-refractivity contribution is -0.146. The number of carbonyl (C=O) groups excluding carboxylic acids is 1. The zero-order valence-corrected chi connectivity index (χ0v) is 17.1. The second-order valence-corrected chi connectivity index (χ2v) is 8.50. The predicted octanol–water partition coefficient (Wildman–Crippen LogP) is 4.35. The Kier molecular flexibility index (Phi) is 4.93. The van der Waals surface area contributed by atoms with E-state index in [-0.39, 0.29) is 18.1 Å². The number of ether oxygens (including phenoxy) is 1. The fourth-order valence-corrected chi connectivity index (χ4v) is 5.37. The van der Waals surface area contributed by atoms with E-state index < -0.39 is 5.92 Å². The van der Waals surface area contributed by atoms with Crippen molar-refractivity contribution in [3.63, 3.8) is 0 Å². The molecule has 0 saturated heterocycles. The molecular formula is C24H20N2O3S. The molecule has 0 saturated carbocycles. The molecule has 1 aliphatic rings. The minimum Gasteiger partial charge on any atom is -0.457 e. The molecule has 2 heterocycles. The maximum absolute atomic E-state index is 13.0. The molecule has 6 heteroatoms. The van der Waals surface area contributed by atoms with Crippen LogP contribution in [0.1, 0.15) is 39.7 Å². The highest BCUT2D eigenvalue weighted by Gasteiger charge is 2.25. The Morgan fingerprint density at radius 2 is 1.70 bits per heavy atom. The first kappa shape index (κ1) is 18.8. The topological polar surface area (TPSA) is 72.0 Å². The molecule has 0 radical (unpaired) electrons. The van der Waals surface area contributed by atoms with Crippen LogP contribution < -0.4 is 5.56 Å². The van der Waals surface area contributed by atoms with Crippen LogP contribution in [0.25, 0.3) is 10.2 Å². The summed E-state index contributed by atoms with van der Waals surface area (Å²) in [5.74, 6) is -0.530. The molecule has 0 fully saturated rings. The van der Waals surface area contributed by atoms with E-state index >= 15 is 0 Å². The van der Waals surface area contributed by atoms with Gasteiger partial charge in [0.05, 0.1) is 5.39 Å². The number of aromatic nitrogens is 2. The second kappa shape index (κ2) is 7.88. The molecule has 4 aromatic rings. The number of carbonyl (C=O) groups is 1. The number of benzene rings is 2. The first-order valence-electron chi connectivity index (χ1n) is 10.0. The maximum Gasteiger partial charge on any atom is 0.318 e. The Morgan fingerprint density at radius 3 is 2.37 bits per heavy atom. The molecule has 0 bridgehead atoms. The zero-order chi connectivity index (χ0) is 20.5. The van der Waals surface area contributed by atoms with Gasteiger partial charge in [-0.3, -0.25) is 9.59 Å². The smallest absolute Gasteiger partial charge is 0.318 e. The fourth-order valence-electron chi connectivity index (χ4n) is 4.09. The SMILES string of the molecule is O=C(OCc1nc2sc3c(c2c(=O)[nH]1)CCC3)C(c1ccccc1)c1ccccc1. The minimum atomic E-state index is -0.534. The zero-order valence-electron chi connectivity index (χ0n) is 16.3. The van der Waals surface area contributed by atoms with Crippen LogP contribution >= 0.6 is 11.3 Å². The van der Waals surface area contributed by atoms with Crippen LogP contribution in [0.2, 0.25) is 0 Å². The minimum absolute atomic E-state index is 0.0667. The van der Waals surface area contributed by atoms with Crippen molar-refractivity contribution in [3.05, 3.63) is 98.4 Å². The number of hydrogen-bond donors (Lipinski definition) is 1. The van der Waals surface area contributed by atoms with Crippen LogP contribution in [0.3, 0.4) is 0 Å². The summed E-state index contributed by atoms with van der Waals surface area (Å²) in [6, 6.07) is 19.1. The summed E-state index contributed by atoms with van der Waals surface area (Å²) in [6.45, 7) is -0.0667. The molecule has 2 aromatic heterocycles. The molecule has 5 rings (SSSR count). The Hall–Kier alpha value is -3.25. The number of aromatic amines is 1. The first-order valence-corrected chi connectivity index (χ1v) is 10.8. The number of aryl methyl sites for hydroxylation is 2. The molecule has 5 nitrogen and oxygen atoms in total. The van der Waals surface area contributed by atoms with E-state index in [9.17, 15) is 9.59 Å². The van der Waals surface area contributed by atoms with Gasteiger partial charge in [0.1, 0.15) is 23.2 Å². The third-order valence-electron chi connectivity index (χ3n) is 5.48. The number of nitrogens with one attached hydrogen (secondary N) is 1. The van der Waals surface area contributed by atoms with Gasteiger partial charge in [0, 0.05) is 4.88 Å². The summed E-state index contributed by atoms with van der Waals surface area (Å²) in [7, 11) is 0. The highest BCUT2D eigenvalue weighted by Crippen LogP contribution is 2.34. The van der Waals surface area contributed by atoms with Gasteiger partial charge in [-0.25, -0.2) is 4.98 Å². The highest BCUT2D eigenvalue weighted by atomic mass is 32.1. The maximum atomic E-state index is 13.0. The Balaban J connectivity index is 1.41. The summed E-state index contributed by atoms with van der Waals surface area (Å²) in [6.07, 6.45) is 3.04. The van der Waals surface area contributed by atoms with Gasteiger partial charge in [-0.2, -0.15) is 0 Å². The normalized spacial score (nSPS) is 13.0. The molecule has 2 aromatic carbocycles. The number of esters is 1. The van der Waals surface area contributed by atoms with Crippen LogP contribution in [0.5, 0.6) is 0 Å². The van der Waals surface area contributed by atoms with Crippen LogP contribution in [0, 0.1) is 0 Å². The molecule has 30 heavy (non-hydrogen) atoms. The Morgan fingerprint density at radius 1 is 1.03 bits per heavy atom. The monoisotopic (exact) mass is 416 g/mol. The van der Waals surface area contributed by atoms with Gasteiger partial charge in [-0.15, -0.1) is 11.3 Å². The summed E-state index contributed by atoms with van der Waals surface area (Å²) in [5, 5.41) is 0.703. The summed E-state index contributed by atoms with van der Waals surface area (Å²) in [5.41, 5.74) is 2.72. The fraction of sp³-hybridized carbons (Fsp3) is 0.208. The average molecular weight is 417 g/mol. The standard InChI is InChI=1S/C24H20N2O3S/c27-22-21-17-12-7-13-18(17)30-23(21)26-19(25-22)14-29-24(28)20(15-8-3-1-4-9-15)16-10-5-2-6-11-16/h1-6,8-11,20H,7,12-14H2,(H,25,26,27). The number of hydrogen-bond acceptors (Lipinski definition) is 5. The lowest BCUT2D eigenvalue weighted by Gasteiger charge is -2.17. The van der Waals surface area contributed by atoms with Gasteiger partial charge in [-0.1, -0.05) is 60.7 Å². The van der Waals surface area contributed by atoms with Crippen molar-refractivity contribution in [2.24, 2.45) is 0 Å². The van der Waals surface area contributed by atoms with E-state index in [1.54, 1.807) is 11.3 Å². The van der Waals surface area contributed by atoms with Gasteiger partial charge in [0.15, 0.2) is 0 Å². The predicted molar refractivity (Wildman–Crippen MR) is 117 cm³/mol. The summed E-state index contributed by atoms with van der Waals surface area (Å²) < 4.78 is 5.61. The number of nitrogens with zero attached hydrogens (tertiary/aromatic N) is 1. The largest absolute Gasteiger partial charge is 0.457 e. The quantitative estimate of drug-likeness (QED) is 0.491. The summed E-state index contributed by atoms with van der Waals surface area (Å²) >= 11 is 1.58. The van der Waals surface area contributed by atoms with Crippen molar-refractivity contribution in [3.8, 4) is 0 Å². The molecule has 0 aliphatic heterocycles. The molecular weight excluding hydrogens is 396 g/mol. The average Bonchev–Trinajstić information content (AvgIpc) is 3.35.